The molecule has 0 aromatic rings. The Labute approximate surface area is 46.9 Å². The third-order valence-electron chi connectivity index (χ3n) is 0.0976. The van der Waals surface area contributed by atoms with Crippen LogP contribution < -0.4 is 0 Å². The van der Waals surface area contributed by atoms with E-state index in [1.165, 1.54) is 0 Å². The van der Waals surface area contributed by atoms with Crippen molar-refractivity contribution >= 4 is 31.9 Å². The van der Waals surface area contributed by atoms with Crippen LogP contribution in [0.4, 0.5) is 0 Å². The van der Waals surface area contributed by atoms with Crippen LogP contribution in [0, 0.1) is 0 Å². The molecule has 0 aliphatic heterocycles. The summed E-state index contributed by atoms with van der Waals surface area (Å²) in [5.41, 5.74) is 0. The zero-order chi connectivity index (χ0) is 4.28. The van der Waals surface area contributed by atoms with Gasteiger partial charge in [-0.15, -0.1) is 0 Å². The smallest absolute Gasteiger partial charge is 0.100 e. The number of halogens is 2. The fourth-order valence-electron chi connectivity index (χ4n) is 0. The molecule has 0 aliphatic rings. The maximum atomic E-state index is 7.89. The van der Waals surface area contributed by atoms with E-state index in [0.717, 1.165) is 6.26 Å². The van der Waals surface area contributed by atoms with Crippen LogP contribution in [0.15, 0.2) is 9.65 Å². The van der Waals surface area contributed by atoms with E-state index in [-0.39, 0.29) is 0 Å². The van der Waals surface area contributed by atoms with E-state index in [1.807, 2.05) is 0 Å². The Morgan fingerprint density at radius 2 is 1.80 bits per heavy atom. The Bertz CT molecular complexity index is 45.6. The summed E-state index contributed by atoms with van der Waals surface area (Å²) in [6.07, 6.45) is 0.917. The zero-order valence-electron chi connectivity index (χ0n) is 2.28. The van der Waals surface area contributed by atoms with E-state index >= 15 is 0 Å². The summed E-state index contributed by atoms with van der Waals surface area (Å²) in [6.45, 7) is 0. The number of hydrogen-bond donors (Lipinski definition) is 1. The van der Waals surface area contributed by atoms with Gasteiger partial charge in [0, 0.05) is 0 Å². The maximum Gasteiger partial charge on any atom is 0.100 e. The predicted molar refractivity (Wildman–Crippen MR) is 28.6 cm³/mol. The van der Waals surface area contributed by atoms with Crippen molar-refractivity contribution in [2.24, 2.45) is 0 Å². The average Bonchev–Trinajstić information content (AvgIpc) is 1.38. The van der Waals surface area contributed by atoms with Gasteiger partial charge in [0.1, 0.15) is 6.26 Å². The second-order valence-electron chi connectivity index (χ2n) is 0.419. The quantitative estimate of drug-likeness (QED) is 0.596. The molecule has 1 N–H and O–H groups in total. The summed E-state index contributed by atoms with van der Waals surface area (Å²) in [6, 6.07) is 0. The zero-order valence-corrected chi connectivity index (χ0v) is 5.45. The van der Waals surface area contributed by atoms with Crippen molar-refractivity contribution in [1.29, 1.82) is 0 Å². The van der Waals surface area contributed by atoms with Crippen LogP contribution in [0.25, 0.3) is 0 Å². The highest BCUT2D eigenvalue weighted by molar-refractivity contribution is 9.28. The average molecular weight is 202 g/mol. The maximum absolute atomic E-state index is 7.89. The molecule has 0 aliphatic carbocycles. The highest BCUT2D eigenvalue weighted by Crippen LogP contribution is 2.09. The van der Waals surface area contributed by atoms with Crippen LogP contribution in [-0.4, -0.2) is 5.11 Å². The second kappa shape index (κ2) is 2.72. The summed E-state index contributed by atoms with van der Waals surface area (Å²) in [4.78, 5) is 0. The van der Waals surface area contributed by atoms with Crippen molar-refractivity contribution in [1.82, 2.24) is 0 Å². The summed E-state index contributed by atoms with van der Waals surface area (Å²) >= 11 is 5.80. The first-order valence-corrected chi connectivity index (χ1v) is 2.51. The third kappa shape index (κ3) is 4.50. The van der Waals surface area contributed by atoms with Crippen molar-refractivity contribution < 1.29 is 5.11 Å². The Morgan fingerprint density at radius 3 is 1.80 bits per heavy atom. The van der Waals surface area contributed by atoms with Crippen molar-refractivity contribution in [3.8, 4) is 0 Å². The lowest BCUT2D eigenvalue weighted by atomic mass is 11.2. The van der Waals surface area contributed by atoms with Crippen LogP contribution in [0.2, 0.25) is 0 Å². The predicted octanol–water partition coefficient (Wildman–Crippen LogP) is 2.13. The Balaban J connectivity index is 3.14. The van der Waals surface area contributed by atoms with Gasteiger partial charge in [0.25, 0.3) is 0 Å². The van der Waals surface area contributed by atoms with Gasteiger partial charge in [-0.2, -0.15) is 0 Å². The largest absolute Gasteiger partial charge is 0.514 e. The van der Waals surface area contributed by atoms with E-state index < -0.39 is 0 Å². The first kappa shape index (κ1) is 5.50. The molecular weight excluding hydrogens is 200 g/mol. The Morgan fingerprint density at radius 1 is 1.60 bits per heavy atom. The van der Waals surface area contributed by atoms with Crippen LogP contribution in [0.5, 0.6) is 0 Å². The van der Waals surface area contributed by atoms with Crippen LogP contribution in [-0.2, 0) is 0 Å². The van der Waals surface area contributed by atoms with Gasteiger partial charge in [-0.1, -0.05) is 0 Å². The molecule has 0 fully saturated rings. The van der Waals surface area contributed by atoms with Gasteiger partial charge in [0.05, 0.1) is 3.39 Å². The van der Waals surface area contributed by atoms with Gasteiger partial charge in [-0.05, 0) is 31.9 Å². The lowest BCUT2D eigenvalue weighted by Crippen LogP contribution is -1.43. The summed E-state index contributed by atoms with van der Waals surface area (Å²) in [5.74, 6) is 0. The first-order chi connectivity index (χ1) is 2.27. The fraction of sp³-hybridized carbons (Fsp3) is 0. The standard InChI is InChI=1S/C2H2Br2O/c3-2(4)1-5/h1,5H. The van der Waals surface area contributed by atoms with Crippen molar-refractivity contribution in [3.63, 3.8) is 0 Å². The molecule has 0 saturated heterocycles. The van der Waals surface area contributed by atoms with Gasteiger partial charge in [-0.25, -0.2) is 0 Å². The molecule has 0 amide bonds. The Kier molecular flexibility index (Phi) is 2.99. The summed E-state index contributed by atoms with van der Waals surface area (Å²) < 4.78 is 0.560. The molecule has 0 heterocycles. The third-order valence-corrected chi connectivity index (χ3v) is 0.507. The fourth-order valence-corrected chi connectivity index (χ4v) is 0. The molecule has 0 radical (unpaired) electrons. The molecule has 0 bridgehead atoms. The second-order valence-corrected chi connectivity index (χ2v) is 3.19. The van der Waals surface area contributed by atoms with E-state index in [2.05, 4.69) is 31.9 Å². The van der Waals surface area contributed by atoms with Gasteiger partial charge >= 0.3 is 0 Å². The van der Waals surface area contributed by atoms with E-state index in [4.69, 9.17) is 5.11 Å². The SMILES string of the molecule is OC=C(Br)Br. The molecule has 30 valence electrons. The Hall–Kier alpha value is 0.500. The summed E-state index contributed by atoms with van der Waals surface area (Å²) in [5, 5.41) is 7.89. The van der Waals surface area contributed by atoms with Gasteiger partial charge in [0.2, 0.25) is 0 Å². The van der Waals surface area contributed by atoms with Gasteiger partial charge in [-0.3, -0.25) is 0 Å². The highest BCUT2D eigenvalue weighted by Gasteiger charge is 1.69. The number of hydrogen-bond acceptors (Lipinski definition) is 1. The minimum Gasteiger partial charge on any atom is -0.514 e. The normalized spacial score (nSPS) is 6.80. The molecule has 0 atom stereocenters. The number of rotatable bonds is 0. The van der Waals surface area contributed by atoms with E-state index in [0.29, 0.717) is 3.39 Å². The van der Waals surface area contributed by atoms with Crippen molar-refractivity contribution in [3.05, 3.63) is 9.65 Å². The highest BCUT2D eigenvalue weighted by atomic mass is 79.9. The molecule has 5 heavy (non-hydrogen) atoms. The van der Waals surface area contributed by atoms with Gasteiger partial charge < -0.3 is 5.11 Å². The molecule has 0 aromatic heterocycles. The molecule has 3 heteroatoms. The molecule has 0 spiro atoms. The molecule has 0 rings (SSSR count). The van der Waals surface area contributed by atoms with E-state index in [1.54, 1.807) is 0 Å². The number of aliphatic hydroxyl groups excluding tert-OH is 1. The van der Waals surface area contributed by atoms with Crippen molar-refractivity contribution in [2.75, 3.05) is 0 Å². The molecular formula is C2H2Br2O. The molecule has 0 unspecified atom stereocenters. The van der Waals surface area contributed by atoms with Gasteiger partial charge in [0.15, 0.2) is 0 Å². The number of aliphatic hydroxyl groups is 1. The topological polar surface area (TPSA) is 20.2 Å². The summed E-state index contributed by atoms with van der Waals surface area (Å²) in [7, 11) is 0. The molecule has 0 saturated carbocycles. The van der Waals surface area contributed by atoms with Crippen LogP contribution >= 0.6 is 31.9 Å². The lowest BCUT2D eigenvalue weighted by molar-refractivity contribution is 0.474. The van der Waals surface area contributed by atoms with Crippen LogP contribution in [0.1, 0.15) is 0 Å². The van der Waals surface area contributed by atoms with E-state index in [9.17, 15) is 0 Å². The monoisotopic (exact) mass is 200 g/mol. The lowest BCUT2D eigenvalue weighted by Gasteiger charge is -1.67. The minimum absolute atomic E-state index is 0.560. The molecule has 0 aromatic carbocycles. The van der Waals surface area contributed by atoms with Crippen LogP contribution in [0.3, 0.4) is 0 Å². The first-order valence-electron chi connectivity index (χ1n) is 0.925. The minimum atomic E-state index is 0.560. The van der Waals surface area contributed by atoms with Crippen molar-refractivity contribution in [2.45, 2.75) is 0 Å². The molecule has 1 nitrogen and oxygen atoms in total.